The molecule has 0 aliphatic carbocycles. The third-order valence-electron chi connectivity index (χ3n) is 18.3. The molecule has 0 amide bonds. The first-order chi connectivity index (χ1) is 47.0. The molecule has 19 aromatic rings. The number of aromatic nitrogens is 8. The molecule has 0 saturated heterocycles. The third-order valence-corrected chi connectivity index (χ3v) is 18.3. The summed E-state index contributed by atoms with van der Waals surface area (Å²) >= 11 is 0. The molecule has 6 aromatic heterocycles. The molecule has 440 valence electrons. The molecule has 6 heterocycles. The van der Waals surface area contributed by atoms with Crippen LogP contribution in [0.25, 0.3) is 187 Å². The van der Waals surface area contributed by atoms with Crippen LogP contribution in [0.2, 0.25) is 0 Å². The van der Waals surface area contributed by atoms with Gasteiger partial charge in [0.2, 0.25) is 0 Å². The Morgan fingerprint density at radius 1 is 0.274 bits per heavy atom. The standard InChI is InChI=1S/C45H26N4.C41H25N5/c1-46-33-21-24-41-38(27-33)37-26-32(20-23-40(37)49(41)34-9-3-2-4-10-34)28-13-16-31(17-14-28)44-36-22-19-29-15-18-30-8-7-25-47-45(30)42(29)43(36)35-11-5-6-12-39(35)48-44;1-3-10-29(11-4-1)39-44-40(30-12-5-2-6-13-30)46-41(45-39)31-21-19-28(20-22-31)37-33-24-23-26-17-18-27-14-9-25-42-38(27)35(26)36(33)32-15-7-8-16-34(32)43-37/h2-27H;1-25H. The summed E-state index contributed by atoms with van der Waals surface area (Å²) < 4.78 is 2.28. The van der Waals surface area contributed by atoms with Crippen LogP contribution in [-0.4, -0.2) is 39.5 Å². The first-order valence-electron chi connectivity index (χ1n) is 31.6. The number of para-hydroxylation sites is 3. The molecule has 0 unspecified atom stereocenters. The van der Waals surface area contributed by atoms with Gasteiger partial charge in [-0.25, -0.2) is 29.8 Å². The first-order valence-corrected chi connectivity index (χ1v) is 31.6. The lowest BCUT2D eigenvalue weighted by atomic mass is 9.93. The Labute approximate surface area is 545 Å². The quantitative estimate of drug-likeness (QED) is 0.116. The van der Waals surface area contributed by atoms with Gasteiger partial charge >= 0.3 is 0 Å². The van der Waals surface area contributed by atoms with E-state index in [-0.39, 0.29) is 0 Å². The molecule has 0 spiro atoms. The van der Waals surface area contributed by atoms with Crippen molar-refractivity contribution in [3.05, 3.63) is 321 Å². The predicted octanol–water partition coefficient (Wildman–Crippen LogP) is 22.0. The summed E-state index contributed by atoms with van der Waals surface area (Å²) in [5, 5.41) is 15.9. The van der Waals surface area contributed by atoms with Crippen molar-refractivity contribution in [1.29, 1.82) is 0 Å². The van der Waals surface area contributed by atoms with Gasteiger partial charge in [-0.3, -0.25) is 9.97 Å². The molecule has 19 rings (SSSR count). The van der Waals surface area contributed by atoms with Gasteiger partial charge in [-0.15, -0.1) is 0 Å². The lowest BCUT2D eigenvalue weighted by Crippen LogP contribution is -2.00. The topological polar surface area (TPSA) is 99.5 Å². The van der Waals surface area contributed by atoms with E-state index in [2.05, 4.69) is 210 Å². The highest BCUT2D eigenvalue weighted by molar-refractivity contribution is 6.29. The summed E-state index contributed by atoms with van der Waals surface area (Å²) in [5.41, 5.74) is 16.9. The fourth-order valence-electron chi connectivity index (χ4n) is 13.9. The lowest BCUT2D eigenvalue weighted by Gasteiger charge is -2.14. The zero-order valence-electron chi connectivity index (χ0n) is 51.0. The van der Waals surface area contributed by atoms with E-state index in [4.69, 9.17) is 41.5 Å². The SMILES string of the molecule is [C-]#[N+]c1ccc2c(c1)c1cc(-c3ccc(-c4nc5ccccc5c5c4ccc4ccc6cccnc6c45)cc3)ccc1n2-c1ccccc1.c1ccc(-c2nc(-c3ccccc3)nc(-c3ccc(-c4nc5ccccc5c5c4ccc4ccc6cccnc6c45)cc3)n2)cc1. The average Bonchev–Trinajstić information content (AvgIpc) is 1.32. The largest absolute Gasteiger partial charge is 0.309 e. The zero-order chi connectivity index (χ0) is 62.9. The molecular weight excluding hydrogens is 1160 g/mol. The van der Waals surface area contributed by atoms with Crippen molar-refractivity contribution >= 4 is 114 Å². The molecule has 9 nitrogen and oxygen atoms in total. The van der Waals surface area contributed by atoms with Gasteiger partial charge in [-0.2, -0.15) is 0 Å². The minimum absolute atomic E-state index is 0.624. The van der Waals surface area contributed by atoms with Crippen molar-refractivity contribution in [3.8, 4) is 73.5 Å². The van der Waals surface area contributed by atoms with Crippen LogP contribution in [0.1, 0.15) is 0 Å². The van der Waals surface area contributed by atoms with Crippen molar-refractivity contribution in [2.24, 2.45) is 0 Å². The molecule has 0 saturated carbocycles. The van der Waals surface area contributed by atoms with E-state index in [0.29, 0.717) is 23.2 Å². The van der Waals surface area contributed by atoms with Gasteiger partial charge in [-0.1, -0.05) is 237 Å². The molecule has 0 radical (unpaired) electrons. The van der Waals surface area contributed by atoms with Crippen molar-refractivity contribution in [2.75, 3.05) is 0 Å². The first kappa shape index (κ1) is 54.7. The second-order valence-electron chi connectivity index (χ2n) is 23.8. The number of rotatable bonds is 7. The summed E-state index contributed by atoms with van der Waals surface area (Å²) in [6.07, 6.45) is 3.75. The number of nitrogens with zero attached hydrogens (tertiary/aromatic N) is 9. The Hall–Kier alpha value is -13.2. The van der Waals surface area contributed by atoms with Crippen LogP contribution in [0.4, 0.5) is 5.69 Å². The Morgan fingerprint density at radius 3 is 1.20 bits per heavy atom. The highest BCUT2D eigenvalue weighted by Crippen LogP contribution is 2.43. The number of pyridine rings is 4. The molecule has 0 aliphatic heterocycles. The Balaban J connectivity index is 0.000000139. The maximum Gasteiger partial charge on any atom is 0.188 e. The molecule has 0 aliphatic rings. The summed E-state index contributed by atoms with van der Waals surface area (Å²) in [6, 6.07) is 103. The minimum atomic E-state index is 0.624. The number of hydrogen-bond donors (Lipinski definition) is 0. The number of benzene rings is 13. The van der Waals surface area contributed by atoms with E-state index in [9.17, 15) is 0 Å². The molecule has 9 heteroatoms. The maximum absolute atomic E-state index is 7.65. The van der Waals surface area contributed by atoms with E-state index < -0.39 is 0 Å². The fourth-order valence-corrected chi connectivity index (χ4v) is 13.9. The summed E-state index contributed by atoms with van der Waals surface area (Å²) in [7, 11) is 0. The number of hydrogen-bond acceptors (Lipinski definition) is 7. The molecular formula is C86H51N9. The van der Waals surface area contributed by atoms with Crippen molar-refractivity contribution in [1.82, 2.24) is 39.5 Å². The molecule has 0 N–H and O–H groups in total. The second-order valence-corrected chi connectivity index (χ2v) is 23.8. The molecule has 13 aromatic carbocycles. The van der Waals surface area contributed by atoms with Gasteiger partial charge in [0.05, 0.1) is 51.1 Å². The van der Waals surface area contributed by atoms with Gasteiger partial charge in [-0.05, 0) is 87.9 Å². The second kappa shape index (κ2) is 22.6. The van der Waals surface area contributed by atoms with Crippen molar-refractivity contribution in [3.63, 3.8) is 0 Å². The van der Waals surface area contributed by atoms with Crippen LogP contribution in [0, 0.1) is 6.57 Å². The minimum Gasteiger partial charge on any atom is -0.309 e. The Bertz CT molecular complexity index is 6270. The smallest absolute Gasteiger partial charge is 0.188 e. The normalized spacial score (nSPS) is 11.6. The van der Waals surface area contributed by atoms with Crippen LogP contribution in [0.15, 0.2) is 310 Å². The van der Waals surface area contributed by atoms with Crippen molar-refractivity contribution in [2.45, 2.75) is 0 Å². The van der Waals surface area contributed by atoms with E-state index in [1.165, 1.54) is 16.2 Å². The fraction of sp³-hybridized carbons (Fsp3) is 0. The molecule has 0 bridgehead atoms. The van der Waals surface area contributed by atoms with Crippen LogP contribution in [-0.2, 0) is 0 Å². The molecule has 0 fully saturated rings. The zero-order valence-corrected chi connectivity index (χ0v) is 51.0. The number of fused-ring (bicyclic) bond motifs is 17. The summed E-state index contributed by atoms with van der Waals surface area (Å²) in [5.74, 6) is 1.91. The Morgan fingerprint density at radius 2 is 0.684 bits per heavy atom. The summed E-state index contributed by atoms with van der Waals surface area (Å²) in [4.78, 5) is 38.5. The predicted molar refractivity (Wildman–Crippen MR) is 391 cm³/mol. The van der Waals surface area contributed by atoms with Gasteiger partial charge in [0, 0.05) is 105 Å². The van der Waals surface area contributed by atoms with Crippen LogP contribution in [0.3, 0.4) is 0 Å². The van der Waals surface area contributed by atoms with Gasteiger partial charge in [0.25, 0.3) is 0 Å². The van der Waals surface area contributed by atoms with Crippen LogP contribution >= 0.6 is 0 Å². The average molecular weight is 1210 g/mol. The van der Waals surface area contributed by atoms with Crippen LogP contribution < -0.4 is 0 Å². The van der Waals surface area contributed by atoms with Crippen LogP contribution in [0.5, 0.6) is 0 Å². The highest BCUT2D eigenvalue weighted by atomic mass is 15.0. The van der Waals surface area contributed by atoms with E-state index in [0.717, 1.165) is 148 Å². The monoisotopic (exact) mass is 1210 g/mol. The molecule has 0 atom stereocenters. The Kier molecular flexibility index (Phi) is 13.1. The highest BCUT2D eigenvalue weighted by Gasteiger charge is 2.20. The molecule has 95 heavy (non-hydrogen) atoms. The summed E-state index contributed by atoms with van der Waals surface area (Å²) in [6.45, 7) is 7.65. The van der Waals surface area contributed by atoms with Crippen molar-refractivity contribution < 1.29 is 0 Å². The van der Waals surface area contributed by atoms with E-state index in [1.807, 2.05) is 109 Å². The third kappa shape index (κ3) is 9.43. The van der Waals surface area contributed by atoms with Gasteiger partial charge in [0.1, 0.15) is 0 Å². The van der Waals surface area contributed by atoms with E-state index >= 15 is 0 Å². The lowest BCUT2D eigenvalue weighted by molar-refractivity contribution is 1.07. The van der Waals surface area contributed by atoms with Gasteiger partial charge < -0.3 is 4.57 Å². The maximum atomic E-state index is 7.65. The van der Waals surface area contributed by atoms with E-state index in [1.54, 1.807) is 0 Å². The van der Waals surface area contributed by atoms with Gasteiger partial charge in [0.15, 0.2) is 23.2 Å².